The molecule has 44 heavy (non-hydrogen) atoms. The number of hydrogen-bond acceptors (Lipinski definition) is 7. The molecule has 1 aromatic carbocycles. The summed E-state index contributed by atoms with van der Waals surface area (Å²) in [5, 5.41) is 38.6. The molecule has 1 unspecified atom stereocenters. The fraction of sp³-hybridized carbons (Fsp3) is 0.676. The van der Waals surface area contributed by atoms with Crippen LogP contribution < -0.4 is 0 Å². The predicted molar refractivity (Wildman–Crippen MR) is 168 cm³/mol. The van der Waals surface area contributed by atoms with Crippen LogP contribution in [0.3, 0.4) is 0 Å². The lowest BCUT2D eigenvalue weighted by Crippen LogP contribution is -2.82. The molecule has 1 aromatic rings. The Kier molecular flexibility index (Phi) is 9.00. The summed E-state index contributed by atoms with van der Waals surface area (Å²) in [6, 6.07) is 10.4. The molecule has 8 atom stereocenters. The van der Waals surface area contributed by atoms with Crippen molar-refractivity contribution in [3.05, 3.63) is 59.7 Å². The van der Waals surface area contributed by atoms with Gasteiger partial charge in [0, 0.05) is 24.3 Å². The summed E-state index contributed by atoms with van der Waals surface area (Å²) in [5.74, 6) is -0.968. The van der Waals surface area contributed by atoms with Gasteiger partial charge in [-0.25, -0.2) is 4.79 Å². The molecular weight excluding hydrogens is 556 g/mol. The van der Waals surface area contributed by atoms with Crippen molar-refractivity contribution in [3.8, 4) is 0 Å². The van der Waals surface area contributed by atoms with Gasteiger partial charge in [-0.15, -0.1) is 0 Å². The SMILES string of the molecule is CC(=O)O[C@@H]1C[C@@]2(C)C=C[C@](O)(CC[C@H](C)CCCc3ccccc3)[C@]3(C1C(C)(C)CC[C@H]3O)[C@@]2(O)CCC1=CC(=O)OC1. The van der Waals surface area contributed by atoms with Crippen LogP contribution >= 0.6 is 0 Å². The number of cyclic esters (lactones) is 1. The highest BCUT2D eigenvalue weighted by Gasteiger charge is 2.80. The molecule has 242 valence electrons. The van der Waals surface area contributed by atoms with Crippen molar-refractivity contribution in [1.82, 2.24) is 0 Å². The molecule has 7 nitrogen and oxygen atoms in total. The van der Waals surface area contributed by atoms with Gasteiger partial charge in [-0.3, -0.25) is 4.79 Å². The first-order chi connectivity index (χ1) is 20.7. The monoisotopic (exact) mass is 608 g/mol. The number of aliphatic hydroxyl groups is 3. The Morgan fingerprint density at radius 1 is 1.07 bits per heavy atom. The van der Waals surface area contributed by atoms with Gasteiger partial charge < -0.3 is 24.8 Å². The number of carbonyl (C=O) groups excluding carboxylic acids is 2. The molecule has 0 saturated heterocycles. The number of benzene rings is 1. The number of fused-ring (bicyclic) bond motifs is 1. The molecule has 0 amide bonds. The maximum Gasteiger partial charge on any atom is 0.331 e. The van der Waals surface area contributed by atoms with Crippen LogP contribution in [0.2, 0.25) is 0 Å². The van der Waals surface area contributed by atoms with Crippen LogP contribution in [0.25, 0.3) is 0 Å². The van der Waals surface area contributed by atoms with E-state index in [9.17, 15) is 24.9 Å². The summed E-state index contributed by atoms with van der Waals surface area (Å²) in [6.45, 7) is 9.99. The molecule has 0 aromatic heterocycles. The zero-order chi connectivity index (χ0) is 32.0. The third kappa shape index (κ3) is 5.47. The zero-order valence-electron chi connectivity index (χ0n) is 27.2. The standard InChI is InChI=1S/C37H52O7/c1-25(10-9-13-27-11-7-6-8-12-27)14-18-35(41)21-20-34(5)23-29(44-26(2)38)32-33(3,4)17-16-30(39)37(32,35)36(34,42)19-15-28-22-31(40)43-24-28/h6-8,11-12,20-22,25,29-30,32,39,41-42H,9-10,13-19,23-24H2,1-5H3/t25-,29-,30-,32?,34-,35-,36-,37+/m1/s1. The van der Waals surface area contributed by atoms with E-state index >= 15 is 0 Å². The summed E-state index contributed by atoms with van der Waals surface area (Å²) in [5.41, 5.74) is -3.73. The molecule has 4 aliphatic rings. The summed E-state index contributed by atoms with van der Waals surface area (Å²) >= 11 is 0. The van der Waals surface area contributed by atoms with Crippen LogP contribution in [0.1, 0.15) is 98.0 Å². The number of aryl methyl sites for hydroxylation is 1. The fourth-order valence-corrected chi connectivity index (χ4v) is 9.72. The van der Waals surface area contributed by atoms with Gasteiger partial charge in [0.1, 0.15) is 12.7 Å². The van der Waals surface area contributed by atoms with E-state index in [4.69, 9.17) is 9.47 Å². The third-order valence-electron chi connectivity index (χ3n) is 11.9. The predicted octanol–water partition coefficient (Wildman–Crippen LogP) is 5.85. The Hall–Kier alpha value is -2.48. The average molecular weight is 609 g/mol. The number of hydrogen-bond donors (Lipinski definition) is 3. The molecular formula is C37H52O7. The van der Waals surface area contributed by atoms with Gasteiger partial charge in [-0.1, -0.05) is 76.6 Å². The highest BCUT2D eigenvalue weighted by molar-refractivity contribution is 5.85. The van der Waals surface area contributed by atoms with E-state index in [1.165, 1.54) is 18.6 Å². The van der Waals surface area contributed by atoms with Crippen LogP contribution in [0, 0.1) is 28.1 Å². The van der Waals surface area contributed by atoms with E-state index in [-0.39, 0.29) is 19.0 Å². The lowest BCUT2D eigenvalue weighted by atomic mass is 9.32. The van der Waals surface area contributed by atoms with E-state index in [2.05, 4.69) is 45.0 Å². The number of rotatable bonds is 11. The van der Waals surface area contributed by atoms with E-state index in [0.717, 1.165) is 31.3 Å². The smallest absolute Gasteiger partial charge is 0.331 e. The quantitative estimate of drug-likeness (QED) is 0.214. The minimum absolute atomic E-state index is 0.187. The van der Waals surface area contributed by atoms with Crippen molar-refractivity contribution in [1.29, 1.82) is 0 Å². The summed E-state index contributed by atoms with van der Waals surface area (Å²) in [6.07, 6.45) is 9.89. The summed E-state index contributed by atoms with van der Waals surface area (Å²) in [7, 11) is 0. The van der Waals surface area contributed by atoms with Gasteiger partial charge >= 0.3 is 11.9 Å². The van der Waals surface area contributed by atoms with Crippen molar-refractivity contribution in [3.63, 3.8) is 0 Å². The highest BCUT2D eigenvalue weighted by Crippen LogP contribution is 2.74. The molecule has 2 bridgehead atoms. The number of esters is 2. The van der Waals surface area contributed by atoms with Gasteiger partial charge in [0.25, 0.3) is 0 Å². The Morgan fingerprint density at radius 2 is 1.80 bits per heavy atom. The second-order valence-corrected chi connectivity index (χ2v) is 15.2. The van der Waals surface area contributed by atoms with Crippen LogP contribution in [0.5, 0.6) is 0 Å². The molecule has 1 aliphatic heterocycles. The number of aliphatic hydroxyl groups excluding tert-OH is 1. The number of carbonyl (C=O) groups is 2. The third-order valence-corrected chi connectivity index (χ3v) is 11.9. The highest BCUT2D eigenvalue weighted by atomic mass is 16.5. The Morgan fingerprint density at radius 3 is 2.45 bits per heavy atom. The maximum absolute atomic E-state index is 13.3. The van der Waals surface area contributed by atoms with Crippen molar-refractivity contribution in [2.45, 2.75) is 122 Å². The molecule has 1 spiro atoms. The first kappa shape index (κ1) is 32.9. The zero-order valence-corrected chi connectivity index (χ0v) is 27.2. The van der Waals surface area contributed by atoms with Crippen molar-refractivity contribution >= 4 is 11.9 Å². The van der Waals surface area contributed by atoms with Gasteiger partial charge in [-0.05, 0) is 80.3 Å². The van der Waals surface area contributed by atoms with Gasteiger partial charge in [-0.2, -0.15) is 0 Å². The Labute approximate surface area is 262 Å². The van der Waals surface area contributed by atoms with Gasteiger partial charge in [0.15, 0.2) is 0 Å². The average Bonchev–Trinajstić information content (AvgIpc) is 3.38. The van der Waals surface area contributed by atoms with E-state index in [0.29, 0.717) is 38.0 Å². The normalized spacial score (nSPS) is 38.0. The lowest BCUT2D eigenvalue weighted by Gasteiger charge is -2.75. The molecule has 7 heteroatoms. The van der Waals surface area contributed by atoms with E-state index in [1.807, 2.05) is 25.1 Å². The summed E-state index contributed by atoms with van der Waals surface area (Å²) in [4.78, 5) is 24.4. The largest absolute Gasteiger partial charge is 0.462 e. The maximum atomic E-state index is 13.3. The molecule has 3 aliphatic carbocycles. The van der Waals surface area contributed by atoms with Gasteiger partial charge in [0.2, 0.25) is 0 Å². The minimum atomic E-state index is -1.55. The molecule has 2 saturated carbocycles. The topological polar surface area (TPSA) is 113 Å². The van der Waals surface area contributed by atoms with Crippen molar-refractivity contribution in [2.24, 2.45) is 28.1 Å². The first-order valence-corrected chi connectivity index (χ1v) is 16.6. The molecule has 1 heterocycles. The Balaban J connectivity index is 1.52. The van der Waals surface area contributed by atoms with E-state index < -0.39 is 51.5 Å². The molecule has 3 N–H and O–H groups in total. The molecule has 0 radical (unpaired) electrons. The van der Waals surface area contributed by atoms with Crippen LogP contribution in [0.15, 0.2) is 54.1 Å². The van der Waals surface area contributed by atoms with Crippen LogP contribution in [0.4, 0.5) is 0 Å². The van der Waals surface area contributed by atoms with E-state index in [1.54, 1.807) is 0 Å². The summed E-state index contributed by atoms with van der Waals surface area (Å²) < 4.78 is 11.2. The lowest BCUT2D eigenvalue weighted by molar-refractivity contribution is -0.355. The van der Waals surface area contributed by atoms with Crippen molar-refractivity contribution in [2.75, 3.05) is 6.61 Å². The van der Waals surface area contributed by atoms with Gasteiger partial charge in [0.05, 0.1) is 22.7 Å². The first-order valence-electron chi connectivity index (χ1n) is 16.6. The second kappa shape index (κ2) is 12.0. The van der Waals surface area contributed by atoms with Crippen molar-refractivity contribution < 1.29 is 34.4 Å². The molecule has 2 fully saturated rings. The Bertz CT molecular complexity index is 1290. The number of ether oxygens (including phenoxy) is 2. The fourth-order valence-electron chi connectivity index (χ4n) is 9.72. The minimum Gasteiger partial charge on any atom is -0.462 e. The van der Waals surface area contributed by atoms with Crippen LogP contribution in [-0.4, -0.2) is 57.3 Å². The second-order valence-electron chi connectivity index (χ2n) is 15.2. The molecule has 5 rings (SSSR count). The van der Waals surface area contributed by atoms with Crippen LogP contribution in [-0.2, 0) is 25.5 Å².